The average molecular weight is 351 g/mol. The lowest BCUT2D eigenvalue weighted by molar-refractivity contribution is 0.0947. The molecule has 1 aromatic carbocycles. The minimum absolute atomic E-state index is 0.142. The smallest absolute Gasteiger partial charge is 0.252 e. The molecule has 2 atom stereocenters. The molecule has 1 aromatic rings. The van der Waals surface area contributed by atoms with Gasteiger partial charge in [0, 0.05) is 16.4 Å². The van der Waals surface area contributed by atoms with Crippen molar-refractivity contribution in [2.45, 2.75) is 24.6 Å². The lowest BCUT2D eigenvalue weighted by atomic mass is 10.1. The summed E-state index contributed by atoms with van der Waals surface area (Å²) in [5, 5.41) is 3.56. The molecule has 0 bridgehead atoms. The van der Waals surface area contributed by atoms with E-state index in [1.807, 2.05) is 6.07 Å². The van der Waals surface area contributed by atoms with Crippen molar-refractivity contribution in [2.75, 3.05) is 6.54 Å². The van der Waals surface area contributed by atoms with Crippen LogP contribution in [0.1, 0.15) is 29.6 Å². The summed E-state index contributed by atoms with van der Waals surface area (Å²) in [7, 11) is 0. The van der Waals surface area contributed by atoms with Crippen LogP contribution in [0.4, 0.5) is 0 Å². The van der Waals surface area contributed by atoms with E-state index in [0.29, 0.717) is 23.0 Å². The molecule has 0 spiro atoms. The van der Waals surface area contributed by atoms with Gasteiger partial charge in [-0.05, 0) is 37.0 Å². The van der Waals surface area contributed by atoms with Crippen molar-refractivity contribution in [3.63, 3.8) is 0 Å². The van der Waals surface area contributed by atoms with E-state index in [0.717, 1.165) is 23.7 Å². The molecule has 1 saturated carbocycles. The maximum absolute atomic E-state index is 12.0. The highest BCUT2D eigenvalue weighted by Crippen LogP contribution is 2.29. The fraction of sp³-hybridized carbons (Fsp3) is 0.462. The molecule has 5 heteroatoms. The first-order chi connectivity index (χ1) is 8.58. The Balaban J connectivity index is 1.97. The van der Waals surface area contributed by atoms with Gasteiger partial charge >= 0.3 is 0 Å². The third-order valence-corrected chi connectivity index (χ3v) is 4.66. The molecule has 0 radical (unpaired) electrons. The number of hydrogen-bond acceptors (Lipinski definition) is 1. The van der Waals surface area contributed by atoms with Crippen molar-refractivity contribution in [1.82, 2.24) is 5.32 Å². The summed E-state index contributed by atoms with van der Waals surface area (Å²) in [6, 6.07) is 5.25. The van der Waals surface area contributed by atoms with E-state index in [9.17, 15) is 4.79 Å². The van der Waals surface area contributed by atoms with Gasteiger partial charge in [0.1, 0.15) is 0 Å². The molecular formula is C13H14BrCl2NO. The zero-order valence-electron chi connectivity index (χ0n) is 9.76. The van der Waals surface area contributed by atoms with Gasteiger partial charge in [-0.1, -0.05) is 34.0 Å². The Morgan fingerprint density at radius 3 is 2.89 bits per heavy atom. The van der Waals surface area contributed by atoms with Crippen LogP contribution in [0.2, 0.25) is 5.02 Å². The molecule has 1 aliphatic rings. The molecule has 1 N–H and O–H groups in total. The van der Waals surface area contributed by atoms with Gasteiger partial charge in [0.2, 0.25) is 0 Å². The highest BCUT2D eigenvalue weighted by Gasteiger charge is 2.25. The number of rotatable bonds is 3. The van der Waals surface area contributed by atoms with Crippen LogP contribution in [0.15, 0.2) is 22.7 Å². The van der Waals surface area contributed by atoms with Crippen LogP contribution in [0.5, 0.6) is 0 Å². The molecule has 0 aromatic heterocycles. The first-order valence-corrected chi connectivity index (χ1v) is 7.56. The van der Waals surface area contributed by atoms with E-state index in [1.165, 1.54) is 0 Å². The van der Waals surface area contributed by atoms with Crippen LogP contribution in [-0.4, -0.2) is 17.8 Å². The molecule has 0 aliphatic heterocycles. The predicted molar refractivity (Wildman–Crippen MR) is 78.5 cm³/mol. The van der Waals surface area contributed by atoms with E-state index in [1.54, 1.807) is 12.1 Å². The van der Waals surface area contributed by atoms with E-state index >= 15 is 0 Å². The van der Waals surface area contributed by atoms with E-state index < -0.39 is 0 Å². The Morgan fingerprint density at radius 1 is 1.44 bits per heavy atom. The van der Waals surface area contributed by atoms with Crippen molar-refractivity contribution in [2.24, 2.45) is 5.92 Å². The highest BCUT2D eigenvalue weighted by molar-refractivity contribution is 9.10. The number of carbonyl (C=O) groups is 1. The van der Waals surface area contributed by atoms with Gasteiger partial charge in [0.05, 0.1) is 10.6 Å². The molecule has 98 valence electrons. The fourth-order valence-corrected chi connectivity index (χ4v) is 3.15. The molecule has 0 saturated heterocycles. The fourth-order valence-electron chi connectivity index (χ4n) is 2.21. The maximum atomic E-state index is 12.0. The zero-order chi connectivity index (χ0) is 13.1. The minimum atomic E-state index is -0.142. The number of benzene rings is 1. The molecule has 2 nitrogen and oxygen atoms in total. The Bertz CT molecular complexity index is 453. The highest BCUT2D eigenvalue weighted by atomic mass is 79.9. The van der Waals surface area contributed by atoms with E-state index in [-0.39, 0.29) is 11.3 Å². The molecule has 2 rings (SSSR count). The largest absolute Gasteiger partial charge is 0.352 e. The van der Waals surface area contributed by atoms with Crippen molar-refractivity contribution in [3.8, 4) is 0 Å². The second-order valence-corrected chi connectivity index (χ2v) is 6.42. The van der Waals surface area contributed by atoms with Crippen molar-refractivity contribution in [3.05, 3.63) is 33.3 Å². The molecule has 0 heterocycles. The average Bonchev–Trinajstić information content (AvgIpc) is 2.75. The second-order valence-electron chi connectivity index (χ2n) is 4.54. The van der Waals surface area contributed by atoms with Gasteiger partial charge in [-0.3, -0.25) is 4.79 Å². The summed E-state index contributed by atoms with van der Waals surface area (Å²) in [6.45, 7) is 0.621. The standard InChI is InChI=1S/C13H14BrCl2NO/c14-9-4-5-12(16)10(6-9)13(18)17-7-8-2-1-3-11(8)15/h4-6,8,11H,1-3,7H2,(H,17,18). The van der Waals surface area contributed by atoms with Gasteiger partial charge in [-0.15, -0.1) is 11.6 Å². The molecule has 18 heavy (non-hydrogen) atoms. The van der Waals surface area contributed by atoms with Gasteiger partial charge in [0.25, 0.3) is 5.91 Å². The lowest BCUT2D eigenvalue weighted by Gasteiger charge is -2.14. The first kappa shape index (κ1) is 14.2. The third-order valence-electron chi connectivity index (χ3n) is 3.26. The quantitative estimate of drug-likeness (QED) is 0.811. The first-order valence-electron chi connectivity index (χ1n) is 5.95. The summed E-state index contributed by atoms with van der Waals surface area (Å²) >= 11 is 15.5. The van der Waals surface area contributed by atoms with E-state index in [4.69, 9.17) is 23.2 Å². The number of alkyl halides is 1. The lowest BCUT2D eigenvalue weighted by Crippen LogP contribution is -2.31. The number of hydrogen-bond donors (Lipinski definition) is 1. The molecule has 2 unspecified atom stereocenters. The number of halogens is 3. The number of nitrogens with one attached hydrogen (secondary N) is 1. The second kappa shape index (κ2) is 6.27. The summed E-state index contributed by atoms with van der Waals surface area (Å²) < 4.78 is 0.841. The Kier molecular flexibility index (Phi) is 4.93. The van der Waals surface area contributed by atoms with Gasteiger partial charge in [-0.25, -0.2) is 0 Å². The number of amides is 1. The Morgan fingerprint density at radius 2 is 2.22 bits per heavy atom. The van der Waals surface area contributed by atoms with Crippen LogP contribution in [0, 0.1) is 5.92 Å². The minimum Gasteiger partial charge on any atom is -0.352 e. The van der Waals surface area contributed by atoms with Gasteiger partial charge in [0.15, 0.2) is 0 Å². The molecule has 1 fully saturated rings. The van der Waals surface area contributed by atoms with Crippen molar-refractivity contribution >= 4 is 45.0 Å². The van der Waals surface area contributed by atoms with Crippen LogP contribution < -0.4 is 5.32 Å². The SMILES string of the molecule is O=C(NCC1CCCC1Cl)c1cc(Br)ccc1Cl. The maximum Gasteiger partial charge on any atom is 0.252 e. The van der Waals surface area contributed by atoms with E-state index in [2.05, 4.69) is 21.2 Å². The van der Waals surface area contributed by atoms with Crippen LogP contribution in [0.3, 0.4) is 0 Å². The predicted octanol–water partition coefficient (Wildman–Crippen LogP) is 4.24. The summed E-state index contributed by atoms with van der Waals surface area (Å²) in [6.07, 6.45) is 3.27. The van der Waals surface area contributed by atoms with Crippen molar-refractivity contribution < 1.29 is 4.79 Å². The zero-order valence-corrected chi connectivity index (χ0v) is 12.9. The molecule has 1 amide bonds. The summed E-state index contributed by atoms with van der Waals surface area (Å²) in [5.41, 5.74) is 0.496. The monoisotopic (exact) mass is 349 g/mol. The summed E-state index contributed by atoms with van der Waals surface area (Å²) in [4.78, 5) is 12.0. The normalized spacial score (nSPS) is 23.1. The van der Waals surface area contributed by atoms with Gasteiger partial charge < -0.3 is 5.32 Å². The third kappa shape index (κ3) is 3.40. The molecule has 1 aliphatic carbocycles. The molecular weight excluding hydrogens is 337 g/mol. The van der Waals surface area contributed by atoms with Crippen molar-refractivity contribution in [1.29, 1.82) is 0 Å². The topological polar surface area (TPSA) is 29.1 Å². The Hall–Kier alpha value is -0.250. The van der Waals surface area contributed by atoms with Crippen LogP contribution in [0.25, 0.3) is 0 Å². The number of carbonyl (C=O) groups excluding carboxylic acids is 1. The summed E-state index contributed by atoms with van der Waals surface area (Å²) in [5.74, 6) is 0.235. The van der Waals surface area contributed by atoms with Crippen LogP contribution >= 0.6 is 39.1 Å². The Labute approximate surface area is 125 Å². The van der Waals surface area contributed by atoms with Gasteiger partial charge in [-0.2, -0.15) is 0 Å². The van der Waals surface area contributed by atoms with Crippen LogP contribution in [-0.2, 0) is 0 Å².